The molecule has 0 spiro atoms. The van der Waals surface area contributed by atoms with Crippen LogP contribution in [-0.4, -0.2) is 19.3 Å². The van der Waals surface area contributed by atoms with Crippen molar-refractivity contribution in [1.82, 2.24) is 0 Å². The van der Waals surface area contributed by atoms with Crippen molar-refractivity contribution >= 4 is 11.4 Å². The molecule has 0 bridgehead atoms. The number of methoxy groups -OCH3 is 1. The van der Waals surface area contributed by atoms with Crippen LogP contribution in [0.15, 0.2) is 18.2 Å². The van der Waals surface area contributed by atoms with Gasteiger partial charge in [-0.25, -0.2) is 0 Å². The van der Waals surface area contributed by atoms with Gasteiger partial charge in [0, 0.05) is 25.0 Å². The maximum Gasteiger partial charge on any atom is 0.101 e. The summed E-state index contributed by atoms with van der Waals surface area (Å²) < 4.78 is 5.29. The lowest BCUT2D eigenvalue weighted by molar-refractivity contribution is 0.0344. The number of nitriles is 1. The van der Waals surface area contributed by atoms with Crippen molar-refractivity contribution in [2.75, 3.05) is 24.7 Å². The fourth-order valence-electron chi connectivity index (χ4n) is 1.15. The van der Waals surface area contributed by atoms with Crippen molar-refractivity contribution in [3.63, 3.8) is 0 Å². The predicted molar refractivity (Wildman–Crippen MR) is 65.1 cm³/mol. The molecular formula is C12H17N3O. The monoisotopic (exact) mass is 219 g/mol. The quantitative estimate of drug-likeness (QED) is 0.759. The molecule has 0 aromatic heterocycles. The van der Waals surface area contributed by atoms with Crippen LogP contribution in [0.4, 0.5) is 11.4 Å². The third-order valence-corrected chi connectivity index (χ3v) is 2.44. The number of nitrogens with zero attached hydrogens (tertiary/aromatic N) is 1. The highest BCUT2D eigenvalue weighted by atomic mass is 16.5. The SMILES string of the molecule is COC(C)(C)CNc1ccc(N)c(C#N)c1. The van der Waals surface area contributed by atoms with E-state index >= 15 is 0 Å². The van der Waals surface area contributed by atoms with Gasteiger partial charge in [0.2, 0.25) is 0 Å². The second-order valence-corrected chi connectivity index (χ2v) is 4.23. The third-order valence-electron chi connectivity index (χ3n) is 2.44. The van der Waals surface area contributed by atoms with Crippen molar-refractivity contribution in [2.45, 2.75) is 19.4 Å². The maximum absolute atomic E-state index is 8.83. The largest absolute Gasteiger partial charge is 0.398 e. The Morgan fingerprint density at radius 1 is 1.50 bits per heavy atom. The number of nitrogen functional groups attached to an aromatic ring is 1. The molecule has 0 fully saturated rings. The van der Waals surface area contributed by atoms with Crippen LogP contribution in [0.3, 0.4) is 0 Å². The second kappa shape index (κ2) is 4.86. The van der Waals surface area contributed by atoms with E-state index in [-0.39, 0.29) is 5.60 Å². The molecular weight excluding hydrogens is 202 g/mol. The zero-order valence-corrected chi connectivity index (χ0v) is 9.87. The molecule has 0 saturated heterocycles. The number of anilines is 2. The van der Waals surface area contributed by atoms with Gasteiger partial charge < -0.3 is 15.8 Å². The highest BCUT2D eigenvalue weighted by Gasteiger charge is 2.15. The minimum Gasteiger partial charge on any atom is -0.398 e. The smallest absolute Gasteiger partial charge is 0.101 e. The minimum absolute atomic E-state index is 0.242. The van der Waals surface area contributed by atoms with Crippen LogP contribution in [0.2, 0.25) is 0 Å². The molecule has 0 amide bonds. The van der Waals surface area contributed by atoms with Crippen LogP contribution < -0.4 is 11.1 Å². The van der Waals surface area contributed by atoms with Crippen LogP contribution in [0.25, 0.3) is 0 Å². The van der Waals surface area contributed by atoms with E-state index in [2.05, 4.69) is 11.4 Å². The van der Waals surface area contributed by atoms with Gasteiger partial charge in [-0.05, 0) is 32.0 Å². The van der Waals surface area contributed by atoms with Gasteiger partial charge >= 0.3 is 0 Å². The van der Waals surface area contributed by atoms with Crippen molar-refractivity contribution in [1.29, 1.82) is 5.26 Å². The van der Waals surface area contributed by atoms with Gasteiger partial charge in [0.15, 0.2) is 0 Å². The lowest BCUT2D eigenvalue weighted by Gasteiger charge is -2.23. The highest BCUT2D eigenvalue weighted by Crippen LogP contribution is 2.18. The summed E-state index contributed by atoms with van der Waals surface area (Å²) in [6.07, 6.45) is 0. The zero-order chi connectivity index (χ0) is 12.2. The summed E-state index contributed by atoms with van der Waals surface area (Å²) in [6.45, 7) is 4.64. The van der Waals surface area contributed by atoms with Gasteiger partial charge in [-0.15, -0.1) is 0 Å². The average Bonchev–Trinajstić information content (AvgIpc) is 2.28. The van der Waals surface area contributed by atoms with Crippen molar-refractivity contribution in [2.24, 2.45) is 0 Å². The molecule has 16 heavy (non-hydrogen) atoms. The summed E-state index contributed by atoms with van der Waals surface area (Å²) in [6, 6.07) is 7.36. The number of nitrogens with two attached hydrogens (primary N) is 1. The lowest BCUT2D eigenvalue weighted by atomic mass is 10.1. The molecule has 1 aromatic rings. The molecule has 1 rings (SSSR count). The third kappa shape index (κ3) is 3.14. The van der Waals surface area contributed by atoms with E-state index in [4.69, 9.17) is 15.7 Å². The molecule has 0 aliphatic rings. The standard InChI is InChI=1S/C12H17N3O/c1-12(2,16-3)8-15-10-4-5-11(14)9(6-10)7-13/h4-6,15H,8,14H2,1-3H3. The van der Waals surface area contributed by atoms with E-state index in [9.17, 15) is 0 Å². The topological polar surface area (TPSA) is 71.1 Å². The molecule has 86 valence electrons. The molecule has 0 aliphatic carbocycles. The number of hydrogen-bond acceptors (Lipinski definition) is 4. The van der Waals surface area contributed by atoms with Crippen LogP contribution in [0.1, 0.15) is 19.4 Å². The Morgan fingerprint density at radius 3 is 2.75 bits per heavy atom. The summed E-state index contributed by atoms with van der Waals surface area (Å²) in [5.41, 5.74) is 7.25. The highest BCUT2D eigenvalue weighted by molar-refractivity contribution is 5.61. The number of hydrogen-bond donors (Lipinski definition) is 2. The Bertz CT molecular complexity index is 407. The fraction of sp³-hybridized carbons (Fsp3) is 0.417. The maximum atomic E-state index is 8.83. The summed E-state index contributed by atoms with van der Waals surface area (Å²) in [4.78, 5) is 0. The van der Waals surface area contributed by atoms with E-state index < -0.39 is 0 Å². The first-order valence-electron chi connectivity index (χ1n) is 5.07. The van der Waals surface area contributed by atoms with Gasteiger partial charge in [-0.2, -0.15) is 5.26 Å². The molecule has 0 atom stereocenters. The number of nitrogens with one attached hydrogen (secondary N) is 1. The molecule has 0 radical (unpaired) electrons. The first-order chi connectivity index (χ1) is 7.48. The summed E-state index contributed by atoms with van der Waals surface area (Å²) in [5, 5.41) is 12.0. The number of benzene rings is 1. The molecule has 0 saturated carbocycles. The van der Waals surface area contributed by atoms with E-state index in [1.807, 2.05) is 19.9 Å². The number of ether oxygens (including phenoxy) is 1. The molecule has 0 heterocycles. The van der Waals surface area contributed by atoms with Gasteiger partial charge in [-0.1, -0.05) is 0 Å². The molecule has 0 unspecified atom stereocenters. The van der Waals surface area contributed by atoms with E-state index in [1.54, 1.807) is 19.2 Å². The lowest BCUT2D eigenvalue weighted by Crippen LogP contribution is -2.32. The van der Waals surface area contributed by atoms with Crippen LogP contribution >= 0.6 is 0 Å². The molecule has 4 nitrogen and oxygen atoms in total. The van der Waals surface area contributed by atoms with Crippen LogP contribution in [0, 0.1) is 11.3 Å². The normalized spacial score (nSPS) is 10.9. The van der Waals surface area contributed by atoms with Crippen molar-refractivity contribution in [3.05, 3.63) is 23.8 Å². The van der Waals surface area contributed by atoms with Crippen LogP contribution in [0.5, 0.6) is 0 Å². The van der Waals surface area contributed by atoms with E-state index in [0.717, 1.165) is 5.69 Å². The number of rotatable bonds is 4. The van der Waals surface area contributed by atoms with Crippen molar-refractivity contribution < 1.29 is 4.74 Å². The van der Waals surface area contributed by atoms with Gasteiger partial charge in [-0.3, -0.25) is 0 Å². The van der Waals surface area contributed by atoms with Gasteiger partial charge in [0.1, 0.15) is 6.07 Å². The minimum atomic E-state index is -0.242. The predicted octanol–water partition coefficient (Wildman–Crippen LogP) is 1.98. The Balaban J connectivity index is 2.73. The molecule has 4 heteroatoms. The van der Waals surface area contributed by atoms with E-state index in [0.29, 0.717) is 17.8 Å². The average molecular weight is 219 g/mol. The van der Waals surface area contributed by atoms with Crippen molar-refractivity contribution in [3.8, 4) is 6.07 Å². The molecule has 1 aromatic carbocycles. The Labute approximate surface area is 96.0 Å². The summed E-state index contributed by atoms with van der Waals surface area (Å²) in [5.74, 6) is 0. The molecule has 0 aliphatic heterocycles. The summed E-state index contributed by atoms with van der Waals surface area (Å²) >= 11 is 0. The first kappa shape index (κ1) is 12.3. The van der Waals surface area contributed by atoms with Gasteiger partial charge in [0.05, 0.1) is 11.2 Å². The van der Waals surface area contributed by atoms with E-state index in [1.165, 1.54) is 0 Å². The molecule has 3 N–H and O–H groups in total. The first-order valence-corrected chi connectivity index (χ1v) is 5.07. The second-order valence-electron chi connectivity index (χ2n) is 4.23. The summed E-state index contributed by atoms with van der Waals surface area (Å²) in [7, 11) is 1.67. The van der Waals surface area contributed by atoms with Gasteiger partial charge in [0.25, 0.3) is 0 Å². The fourth-order valence-corrected chi connectivity index (χ4v) is 1.15. The Morgan fingerprint density at radius 2 is 2.19 bits per heavy atom. The zero-order valence-electron chi connectivity index (χ0n) is 9.87. The Hall–Kier alpha value is -1.73. The van der Waals surface area contributed by atoms with Crippen LogP contribution in [-0.2, 0) is 4.74 Å². The Kier molecular flexibility index (Phi) is 3.75.